The van der Waals surface area contributed by atoms with Gasteiger partial charge in [0, 0.05) is 5.39 Å². The molecule has 1 amide bonds. The third-order valence-corrected chi connectivity index (χ3v) is 2.66. The second kappa shape index (κ2) is 5.64. The Hall–Kier alpha value is -2.18. The third-order valence-electron chi connectivity index (χ3n) is 2.66. The molecule has 0 saturated heterocycles. The summed E-state index contributed by atoms with van der Waals surface area (Å²) in [5, 5.41) is 20.7. The number of carbonyl (C=O) groups is 1. The average Bonchev–Trinajstić information content (AvgIpc) is 2.43. The molecule has 0 bridgehead atoms. The highest BCUT2D eigenvalue weighted by Gasteiger charge is 2.16. The Balaban J connectivity index is 2.36. The molecular formula is C13H13NO5. The van der Waals surface area contributed by atoms with Gasteiger partial charge >= 0.3 is 5.63 Å². The van der Waals surface area contributed by atoms with Crippen LogP contribution in [0.5, 0.6) is 0 Å². The predicted molar refractivity (Wildman–Crippen MR) is 67.9 cm³/mol. The van der Waals surface area contributed by atoms with Gasteiger partial charge in [0.05, 0.1) is 19.3 Å². The van der Waals surface area contributed by atoms with Gasteiger partial charge in [0.25, 0.3) is 5.91 Å². The summed E-state index contributed by atoms with van der Waals surface area (Å²) in [4.78, 5) is 23.5. The van der Waals surface area contributed by atoms with Crippen molar-refractivity contribution in [2.75, 3.05) is 13.2 Å². The van der Waals surface area contributed by atoms with Gasteiger partial charge in [0.2, 0.25) is 0 Å². The van der Waals surface area contributed by atoms with E-state index in [0.29, 0.717) is 11.0 Å². The van der Waals surface area contributed by atoms with E-state index in [4.69, 9.17) is 14.6 Å². The van der Waals surface area contributed by atoms with Crippen molar-refractivity contribution < 1.29 is 19.4 Å². The van der Waals surface area contributed by atoms with Crippen LogP contribution in [0.4, 0.5) is 0 Å². The minimum Gasteiger partial charge on any atom is -0.422 e. The predicted octanol–water partition coefficient (Wildman–Crippen LogP) is -0.124. The van der Waals surface area contributed by atoms with Crippen molar-refractivity contribution in [2.24, 2.45) is 0 Å². The van der Waals surface area contributed by atoms with Crippen molar-refractivity contribution in [3.8, 4) is 0 Å². The maximum Gasteiger partial charge on any atom is 0.349 e. The fourth-order valence-corrected chi connectivity index (χ4v) is 1.63. The fraction of sp³-hybridized carbons (Fsp3) is 0.231. The SMILES string of the molecule is O=C(NC(CO)CO)c1cc2ccccc2oc1=O. The van der Waals surface area contributed by atoms with Crippen LogP contribution in [0.25, 0.3) is 11.0 Å². The summed E-state index contributed by atoms with van der Waals surface area (Å²) in [6, 6.07) is 7.43. The highest BCUT2D eigenvalue weighted by molar-refractivity contribution is 5.96. The van der Waals surface area contributed by atoms with Gasteiger partial charge in [-0.15, -0.1) is 0 Å². The molecule has 0 aliphatic heterocycles. The van der Waals surface area contributed by atoms with Crippen LogP contribution in [0.15, 0.2) is 39.5 Å². The largest absolute Gasteiger partial charge is 0.422 e. The molecule has 2 aromatic rings. The van der Waals surface area contributed by atoms with Crippen molar-refractivity contribution in [2.45, 2.75) is 6.04 Å². The van der Waals surface area contributed by atoms with E-state index in [1.807, 2.05) is 0 Å². The van der Waals surface area contributed by atoms with Gasteiger partial charge in [-0.05, 0) is 12.1 Å². The molecule has 6 nitrogen and oxygen atoms in total. The van der Waals surface area contributed by atoms with E-state index in [0.717, 1.165) is 0 Å². The maximum absolute atomic E-state index is 11.8. The van der Waals surface area contributed by atoms with E-state index in [-0.39, 0.29) is 5.56 Å². The first-order chi connectivity index (χ1) is 9.15. The highest BCUT2D eigenvalue weighted by atomic mass is 16.4. The number of benzene rings is 1. The van der Waals surface area contributed by atoms with Crippen molar-refractivity contribution >= 4 is 16.9 Å². The number of hydrogen-bond acceptors (Lipinski definition) is 5. The first-order valence-corrected chi connectivity index (χ1v) is 5.71. The van der Waals surface area contributed by atoms with Gasteiger partial charge < -0.3 is 19.9 Å². The number of amides is 1. The Bertz CT molecular complexity index is 645. The van der Waals surface area contributed by atoms with Crippen LogP contribution < -0.4 is 10.9 Å². The van der Waals surface area contributed by atoms with Crippen LogP contribution in [0.3, 0.4) is 0 Å². The Morgan fingerprint density at radius 2 is 1.95 bits per heavy atom. The number of para-hydroxylation sites is 1. The topological polar surface area (TPSA) is 99.8 Å². The monoisotopic (exact) mass is 263 g/mol. The molecule has 0 saturated carbocycles. The molecule has 1 aromatic carbocycles. The Morgan fingerprint density at radius 3 is 2.63 bits per heavy atom. The minimum atomic E-state index is -0.807. The van der Waals surface area contributed by atoms with Gasteiger partial charge in [-0.3, -0.25) is 4.79 Å². The lowest BCUT2D eigenvalue weighted by atomic mass is 10.1. The lowest BCUT2D eigenvalue weighted by molar-refractivity contribution is 0.0876. The minimum absolute atomic E-state index is 0.161. The van der Waals surface area contributed by atoms with Gasteiger partial charge in [0.15, 0.2) is 0 Å². The zero-order chi connectivity index (χ0) is 13.8. The second-order valence-electron chi connectivity index (χ2n) is 4.02. The van der Waals surface area contributed by atoms with Crippen molar-refractivity contribution in [1.82, 2.24) is 5.32 Å². The van der Waals surface area contributed by atoms with E-state index < -0.39 is 30.8 Å². The molecule has 0 atom stereocenters. The summed E-state index contributed by atoms with van der Waals surface area (Å²) in [6.07, 6.45) is 0. The van der Waals surface area contributed by atoms with Crippen LogP contribution in [0.2, 0.25) is 0 Å². The van der Waals surface area contributed by atoms with E-state index >= 15 is 0 Å². The van der Waals surface area contributed by atoms with Crippen molar-refractivity contribution in [3.63, 3.8) is 0 Å². The van der Waals surface area contributed by atoms with Gasteiger partial charge in [-0.1, -0.05) is 18.2 Å². The Morgan fingerprint density at radius 1 is 1.26 bits per heavy atom. The normalized spacial score (nSPS) is 10.9. The third kappa shape index (κ3) is 2.81. The van der Waals surface area contributed by atoms with Crippen LogP contribution >= 0.6 is 0 Å². The summed E-state index contributed by atoms with van der Waals surface area (Å²) in [5.74, 6) is -0.687. The molecule has 100 valence electrons. The molecule has 6 heteroatoms. The fourth-order valence-electron chi connectivity index (χ4n) is 1.63. The van der Waals surface area contributed by atoms with Gasteiger partial charge in [-0.25, -0.2) is 4.79 Å². The molecule has 0 radical (unpaired) electrons. The van der Waals surface area contributed by atoms with Crippen LogP contribution in [0.1, 0.15) is 10.4 Å². The summed E-state index contributed by atoms with van der Waals surface area (Å²) in [7, 11) is 0. The lowest BCUT2D eigenvalue weighted by Crippen LogP contribution is -2.41. The smallest absolute Gasteiger partial charge is 0.349 e. The average molecular weight is 263 g/mol. The molecule has 0 unspecified atom stereocenters. The molecule has 0 aliphatic carbocycles. The zero-order valence-electron chi connectivity index (χ0n) is 10.00. The van der Waals surface area contributed by atoms with E-state index in [1.54, 1.807) is 24.3 Å². The first kappa shape index (κ1) is 13.3. The molecule has 1 aromatic heterocycles. The van der Waals surface area contributed by atoms with Crippen molar-refractivity contribution in [3.05, 3.63) is 46.3 Å². The molecule has 0 aliphatic rings. The molecule has 0 fully saturated rings. The molecule has 19 heavy (non-hydrogen) atoms. The number of rotatable bonds is 4. The van der Waals surface area contributed by atoms with Crippen molar-refractivity contribution in [1.29, 1.82) is 0 Å². The molecular weight excluding hydrogens is 250 g/mol. The van der Waals surface area contributed by atoms with E-state index in [1.165, 1.54) is 6.07 Å². The number of aliphatic hydroxyl groups excluding tert-OH is 2. The molecule has 3 N–H and O–H groups in total. The van der Waals surface area contributed by atoms with Crippen LogP contribution in [0, 0.1) is 0 Å². The van der Waals surface area contributed by atoms with Crippen LogP contribution in [-0.2, 0) is 0 Å². The maximum atomic E-state index is 11.8. The van der Waals surface area contributed by atoms with E-state index in [9.17, 15) is 9.59 Å². The number of carbonyl (C=O) groups excluding carboxylic acids is 1. The number of aliphatic hydroxyl groups is 2. The Kier molecular flexibility index (Phi) is 3.94. The lowest BCUT2D eigenvalue weighted by Gasteiger charge is -2.12. The molecule has 2 rings (SSSR count). The van der Waals surface area contributed by atoms with Gasteiger partial charge in [-0.2, -0.15) is 0 Å². The summed E-state index contributed by atoms with van der Waals surface area (Å²) >= 11 is 0. The quantitative estimate of drug-likeness (QED) is 0.668. The summed E-state index contributed by atoms with van der Waals surface area (Å²) in [6.45, 7) is -0.831. The molecule has 0 spiro atoms. The van der Waals surface area contributed by atoms with E-state index in [2.05, 4.69) is 5.32 Å². The Labute approximate surface area is 108 Å². The summed E-state index contributed by atoms with van der Waals surface area (Å²) in [5.41, 5.74) is -0.527. The zero-order valence-corrected chi connectivity index (χ0v) is 10.00. The standard InChI is InChI=1S/C13H13NO5/c15-6-9(7-16)14-12(17)10-5-8-3-1-2-4-11(8)19-13(10)18/h1-5,9,15-16H,6-7H2,(H,14,17). The highest BCUT2D eigenvalue weighted by Crippen LogP contribution is 2.12. The summed E-state index contributed by atoms with van der Waals surface area (Å²) < 4.78 is 5.02. The van der Waals surface area contributed by atoms with Crippen LogP contribution in [-0.4, -0.2) is 35.4 Å². The first-order valence-electron chi connectivity index (χ1n) is 5.71. The number of hydrogen-bond donors (Lipinski definition) is 3. The number of nitrogens with one attached hydrogen (secondary N) is 1. The number of fused-ring (bicyclic) bond motifs is 1. The molecule has 1 heterocycles. The van der Waals surface area contributed by atoms with Gasteiger partial charge in [0.1, 0.15) is 11.1 Å². The second-order valence-corrected chi connectivity index (χ2v) is 4.02.